The minimum Gasteiger partial charge on any atom is -0.481 e. The number of carbonyl (C=O) groups excluding carboxylic acids is 1. The van der Waals surface area contributed by atoms with Crippen LogP contribution in [0.2, 0.25) is 0 Å². The molecule has 2 atom stereocenters. The van der Waals surface area contributed by atoms with E-state index in [0.717, 1.165) is 0 Å². The average Bonchev–Trinajstić information content (AvgIpc) is 1.87. The van der Waals surface area contributed by atoms with E-state index in [0.29, 0.717) is 0 Å². The summed E-state index contributed by atoms with van der Waals surface area (Å²) in [5.74, 6) is -1.10. The Morgan fingerprint density at radius 2 is 2.30 bits per heavy atom. The molecule has 3 heteroatoms. The number of hydrogen-bond acceptors (Lipinski definition) is 2. The SMILES string of the molecule is CC1C(=O)CC1(C)C(=O)O. The van der Waals surface area contributed by atoms with Gasteiger partial charge in [-0.05, 0) is 6.92 Å². The van der Waals surface area contributed by atoms with Crippen molar-refractivity contribution in [3.05, 3.63) is 0 Å². The van der Waals surface area contributed by atoms with Crippen LogP contribution < -0.4 is 0 Å². The minimum atomic E-state index is -0.861. The Morgan fingerprint density at radius 3 is 2.40 bits per heavy atom. The largest absolute Gasteiger partial charge is 0.481 e. The molecule has 1 aliphatic carbocycles. The van der Waals surface area contributed by atoms with Gasteiger partial charge in [-0.25, -0.2) is 0 Å². The Hall–Kier alpha value is -0.860. The van der Waals surface area contributed by atoms with E-state index in [-0.39, 0.29) is 18.1 Å². The first-order valence-corrected chi connectivity index (χ1v) is 3.24. The van der Waals surface area contributed by atoms with Gasteiger partial charge in [-0.15, -0.1) is 0 Å². The zero-order valence-corrected chi connectivity index (χ0v) is 6.05. The highest BCUT2D eigenvalue weighted by Crippen LogP contribution is 2.43. The van der Waals surface area contributed by atoms with E-state index in [1.807, 2.05) is 0 Å². The fourth-order valence-electron chi connectivity index (χ4n) is 1.15. The van der Waals surface area contributed by atoms with Crippen LogP contribution in [0.4, 0.5) is 0 Å². The highest BCUT2D eigenvalue weighted by Gasteiger charge is 2.52. The van der Waals surface area contributed by atoms with E-state index in [1.165, 1.54) is 0 Å². The lowest BCUT2D eigenvalue weighted by Gasteiger charge is -2.39. The molecular formula is C7H10O3. The molecule has 0 spiro atoms. The molecule has 0 aromatic heterocycles. The zero-order valence-electron chi connectivity index (χ0n) is 6.05. The van der Waals surface area contributed by atoms with E-state index >= 15 is 0 Å². The molecule has 1 fully saturated rings. The van der Waals surface area contributed by atoms with Crippen LogP contribution in [0.3, 0.4) is 0 Å². The van der Waals surface area contributed by atoms with Gasteiger partial charge in [0, 0.05) is 12.3 Å². The van der Waals surface area contributed by atoms with Gasteiger partial charge in [0.1, 0.15) is 5.78 Å². The summed E-state index contributed by atoms with van der Waals surface area (Å²) in [7, 11) is 0. The molecule has 0 aromatic carbocycles. The molecule has 0 saturated heterocycles. The quantitative estimate of drug-likeness (QED) is 0.586. The molecule has 0 amide bonds. The highest BCUT2D eigenvalue weighted by atomic mass is 16.4. The highest BCUT2D eigenvalue weighted by molar-refractivity contribution is 5.98. The maximum atomic E-state index is 10.7. The second-order valence-electron chi connectivity index (χ2n) is 3.09. The summed E-state index contributed by atoms with van der Waals surface area (Å²) in [6.07, 6.45) is 0.198. The van der Waals surface area contributed by atoms with E-state index < -0.39 is 11.4 Å². The van der Waals surface area contributed by atoms with Crippen LogP contribution in [0.1, 0.15) is 20.3 Å². The van der Waals surface area contributed by atoms with Crippen molar-refractivity contribution in [1.29, 1.82) is 0 Å². The molecule has 10 heavy (non-hydrogen) atoms. The fraction of sp³-hybridized carbons (Fsp3) is 0.714. The number of carboxylic acids is 1. The van der Waals surface area contributed by atoms with Crippen LogP contribution >= 0.6 is 0 Å². The van der Waals surface area contributed by atoms with E-state index in [1.54, 1.807) is 13.8 Å². The van der Waals surface area contributed by atoms with Crippen molar-refractivity contribution in [2.45, 2.75) is 20.3 Å². The van der Waals surface area contributed by atoms with Gasteiger partial charge in [0.05, 0.1) is 5.41 Å². The summed E-state index contributed by atoms with van der Waals surface area (Å²) < 4.78 is 0. The molecule has 1 rings (SSSR count). The third-order valence-electron chi connectivity index (χ3n) is 2.47. The minimum absolute atomic E-state index is 0.0601. The van der Waals surface area contributed by atoms with Gasteiger partial charge in [-0.1, -0.05) is 6.92 Å². The molecule has 3 nitrogen and oxygen atoms in total. The lowest BCUT2D eigenvalue weighted by molar-refractivity contribution is -0.165. The number of ketones is 1. The number of carbonyl (C=O) groups is 2. The molecule has 0 radical (unpaired) electrons. The van der Waals surface area contributed by atoms with Crippen molar-refractivity contribution in [3.8, 4) is 0 Å². The fourth-order valence-corrected chi connectivity index (χ4v) is 1.15. The number of rotatable bonds is 1. The Labute approximate surface area is 59.0 Å². The Bertz CT molecular complexity index is 197. The van der Waals surface area contributed by atoms with E-state index in [2.05, 4.69) is 0 Å². The molecule has 1 aliphatic rings. The molecule has 1 saturated carbocycles. The van der Waals surface area contributed by atoms with Crippen LogP contribution in [0.5, 0.6) is 0 Å². The molecule has 2 unspecified atom stereocenters. The van der Waals surface area contributed by atoms with Crippen molar-refractivity contribution in [2.75, 3.05) is 0 Å². The summed E-state index contributed by atoms with van der Waals surface area (Å²) in [6.45, 7) is 3.28. The standard InChI is InChI=1S/C7H10O3/c1-4-5(8)3-7(4,2)6(9)10/h4H,3H2,1-2H3,(H,9,10). The van der Waals surface area contributed by atoms with Crippen molar-refractivity contribution in [1.82, 2.24) is 0 Å². The zero-order chi connectivity index (χ0) is 7.94. The first kappa shape index (κ1) is 7.25. The van der Waals surface area contributed by atoms with Crippen LogP contribution in [0, 0.1) is 11.3 Å². The summed E-state index contributed by atoms with van der Waals surface area (Å²) in [5.41, 5.74) is -0.781. The third kappa shape index (κ3) is 0.664. The van der Waals surface area contributed by atoms with Crippen LogP contribution in [-0.4, -0.2) is 16.9 Å². The molecular weight excluding hydrogens is 132 g/mol. The molecule has 1 N–H and O–H groups in total. The van der Waals surface area contributed by atoms with Gasteiger partial charge in [0.2, 0.25) is 0 Å². The third-order valence-corrected chi connectivity index (χ3v) is 2.47. The van der Waals surface area contributed by atoms with Crippen molar-refractivity contribution >= 4 is 11.8 Å². The number of Topliss-reactive ketones (excluding diaryl/α,β-unsaturated/α-hetero) is 1. The average molecular weight is 142 g/mol. The van der Waals surface area contributed by atoms with Gasteiger partial charge in [-0.2, -0.15) is 0 Å². The van der Waals surface area contributed by atoms with Crippen molar-refractivity contribution < 1.29 is 14.7 Å². The van der Waals surface area contributed by atoms with Crippen molar-refractivity contribution in [2.24, 2.45) is 11.3 Å². The van der Waals surface area contributed by atoms with Crippen LogP contribution in [0.25, 0.3) is 0 Å². The summed E-state index contributed by atoms with van der Waals surface area (Å²) in [5, 5.41) is 8.63. The smallest absolute Gasteiger partial charge is 0.310 e. The lowest BCUT2D eigenvalue weighted by Crippen LogP contribution is -2.50. The second kappa shape index (κ2) is 1.81. The topological polar surface area (TPSA) is 54.4 Å². The second-order valence-corrected chi connectivity index (χ2v) is 3.09. The predicted molar refractivity (Wildman–Crippen MR) is 34.5 cm³/mol. The molecule has 0 aliphatic heterocycles. The predicted octanol–water partition coefficient (Wildman–Crippen LogP) is 0.686. The van der Waals surface area contributed by atoms with E-state index in [9.17, 15) is 9.59 Å². The molecule has 56 valence electrons. The van der Waals surface area contributed by atoms with Gasteiger partial charge in [-0.3, -0.25) is 9.59 Å². The summed E-state index contributed by atoms with van der Waals surface area (Å²) in [6, 6.07) is 0. The number of aliphatic carboxylic acids is 1. The Balaban J connectivity index is 2.76. The van der Waals surface area contributed by atoms with Crippen LogP contribution in [-0.2, 0) is 9.59 Å². The van der Waals surface area contributed by atoms with Gasteiger partial charge >= 0.3 is 5.97 Å². The first-order valence-electron chi connectivity index (χ1n) is 3.24. The van der Waals surface area contributed by atoms with Gasteiger partial charge in [0.25, 0.3) is 0 Å². The van der Waals surface area contributed by atoms with Gasteiger partial charge in [0.15, 0.2) is 0 Å². The molecule has 0 aromatic rings. The first-order chi connectivity index (χ1) is 4.48. The molecule has 0 heterocycles. The normalized spacial score (nSPS) is 39.0. The lowest BCUT2D eigenvalue weighted by atomic mass is 9.61. The summed E-state index contributed by atoms with van der Waals surface area (Å²) in [4.78, 5) is 21.2. The maximum Gasteiger partial charge on any atom is 0.310 e. The molecule has 0 bridgehead atoms. The van der Waals surface area contributed by atoms with Gasteiger partial charge < -0.3 is 5.11 Å². The Kier molecular flexibility index (Phi) is 1.31. The summed E-state index contributed by atoms with van der Waals surface area (Å²) >= 11 is 0. The van der Waals surface area contributed by atoms with E-state index in [4.69, 9.17) is 5.11 Å². The Morgan fingerprint density at radius 1 is 1.80 bits per heavy atom. The van der Waals surface area contributed by atoms with Crippen LogP contribution in [0.15, 0.2) is 0 Å². The monoisotopic (exact) mass is 142 g/mol. The number of carboxylic acid groups (broad SMARTS) is 1. The number of hydrogen-bond donors (Lipinski definition) is 1. The van der Waals surface area contributed by atoms with Crippen molar-refractivity contribution in [3.63, 3.8) is 0 Å². The maximum absolute atomic E-state index is 10.7.